The number of rotatable bonds is 3. The molecular weight excluding hydrogens is 217 g/mol. The Hall–Kier alpha value is -0.597. The molecular formula is C4H4GeO6-2. The number of aliphatic hydroxyl groups excluding tert-OH is 2. The average molecular weight is 221 g/mol. The van der Waals surface area contributed by atoms with Crippen LogP contribution in [0.5, 0.6) is 0 Å². The molecule has 6 nitrogen and oxygen atoms in total. The Labute approximate surface area is 72.4 Å². The Morgan fingerprint density at radius 1 is 1.00 bits per heavy atom. The zero-order valence-electron chi connectivity index (χ0n) is 5.18. The summed E-state index contributed by atoms with van der Waals surface area (Å²) in [6, 6.07) is 0. The molecule has 0 heterocycles. The van der Waals surface area contributed by atoms with Gasteiger partial charge in [0.2, 0.25) is 0 Å². The number of aliphatic carboxylic acids is 2. The van der Waals surface area contributed by atoms with Crippen molar-refractivity contribution in [3.05, 3.63) is 0 Å². The van der Waals surface area contributed by atoms with Gasteiger partial charge < -0.3 is 30.0 Å². The van der Waals surface area contributed by atoms with Crippen LogP contribution in [0.15, 0.2) is 0 Å². The number of aliphatic hydroxyl groups is 2. The summed E-state index contributed by atoms with van der Waals surface area (Å²) in [7, 11) is 0. The maximum atomic E-state index is 9.63. The zero-order chi connectivity index (χ0) is 8.31. The van der Waals surface area contributed by atoms with Crippen LogP contribution in [0.1, 0.15) is 0 Å². The van der Waals surface area contributed by atoms with E-state index in [1.165, 1.54) is 0 Å². The first kappa shape index (κ1) is 13.0. The van der Waals surface area contributed by atoms with Gasteiger partial charge in [-0.05, 0) is 0 Å². The van der Waals surface area contributed by atoms with Crippen LogP contribution in [-0.4, -0.2) is 52.0 Å². The summed E-state index contributed by atoms with van der Waals surface area (Å²) in [5.74, 6) is -4.12. The van der Waals surface area contributed by atoms with Crippen LogP contribution < -0.4 is 10.2 Å². The SMILES string of the molecule is O=C([O-])C(O)C(O)C(=O)[O-].[Ge]. The summed E-state index contributed by atoms with van der Waals surface area (Å²) in [6.07, 6.45) is -4.88. The molecule has 0 saturated carbocycles. The van der Waals surface area contributed by atoms with E-state index in [1.54, 1.807) is 0 Å². The molecule has 7 heteroatoms. The van der Waals surface area contributed by atoms with Gasteiger partial charge in [0.05, 0.1) is 11.9 Å². The quantitative estimate of drug-likeness (QED) is 0.459. The molecule has 2 atom stereocenters. The number of carboxylic acids is 2. The van der Waals surface area contributed by atoms with Crippen molar-refractivity contribution in [3.8, 4) is 0 Å². The van der Waals surface area contributed by atoms with E-state index in [1.807, 2.05) is 0 Å². The summed E-state index contributed by atoms with van der Waals surface area (Å²) in [5.41, 5.74) is 0. The third kappa shape index (κ3) is 3.96. The van der Waals surface area contributed by atoms with Crippen molar-refractivity contribution in [1.82, 2.24) is 0 Å². The number of hydrogen-bond acceptors (Lipinski definition) is 6. The Morgan fingerprint density at radius 3 is 1.27 bits per heavy atom. The van der Waals surface area contributed by atoms with Gasteiger partial charge in [0.15, 0.2) is 0 Å². The average Bonchev–Trinajstić information content (AvgIpc) is 1.84. The molecule has 4 radical (unpaired) electrons. The van der Waals surface area contributed by atoms with Crippen molar-refractivity contribution in [2.45, 2.75) is 12.2 Å². The van der Waals surface area contributed by atoms with E-state index >= 15 is 0 Å². The molecule has 0 saturated heterocycles. The number of carbonyl (C=O) groups is 2. The minimum absolute atomic E-state index is 0. The van der Waals surface area contributed by atoms with Crippen molar-refractivity contribution in [2.24, 2.45) is 0 Å². The Balaban J connectivity index is 0. The first-order valence-corrected chi connectivity index (χ1v) is 2.24. The second-order valence-corrected chi connectivity index (χ2v) is 1.53. The summed E-state index contributed by atoms with van der Waals surface area (Å²) in [4.78, 5) is 19.3. The second kappa shape index (κ2) is 5.11. The fourth-order valence-corrected chi connectivity index (χ4v) is 0.258. The molecule has 11 heavy (non-hydrogen) atoms. The summed E-state index contributed by atoms with van der Waals surface area (Å²) < 4.78 is 0. The Bertz CT molecular complexity index is 139. The molecule has 2 N–H and O–H groups in total. The molecule has 0 aliphatic heterocycles. The van der Waals surface area contributed by atoms with E-state index in [-0.39, 0.29) is 17.6 Å². The monoisotopic (exact) mass is 222 g/mol. The van der Waals surface area contributed by atoms with Crippen LogP contribution >= 0.6 is 0 Å². The van der Waals surface area contributed by atoms with Gasteiger partial charge in [-0.3, -0.25) is 0 Å². The molecule has 62 valence electrons. The molecule has 0 spiro atoms. The minimum atomic E-state index is -2.44. The topological polar surface area (TPSA) is 121 Å². The van der Waals surface area contributed by atoms with Crippen molar-refractivity contribution in [3.63, 3.8) is 0 Å². The smallest absolute Gasteiger partial charge is 0.124 e. The molecule has 0 fully saturated rings. The maximum absolute atomic E-state index is 9.63. The van der Waals surface area contributed by atoms with Gasteiger partial charge in [0, 0.05) is 17.6 Å². The van der Waals surface area contributed by atoms with Gasteiger partial charge in [0.25, 0.3) is 0 Å². The fraction of sp³-hybridized carbons (Fsp3) is 0.500. The van der Waals surface area contributed by atoms with Gasteiger partial charge in [-0.1, -0.05) is 0 Å². The Morgan fingerprint density at radius 2 is 1.18 bits per heavy atom. The van der Waals surface area contributed by atoms with E-state index in [4.69, 9.17) is 10.2 Å². The Kier molecular flexibility index (Phi) is 6.05. The van der Waals surface area contributed by atoms with Crippen molar-refractivity contribution in [2.75, 3.05) is 0 Å². The molecule has 0 aliphatic carbocycles. The standard InChI is InChI=1S/C4H6O6.Ge/c5-1(3(7)8)2(6)4(9)10;/h1-2,5-6H,(H,7,8)(H,9,10);/p-2. The molecule has 0 bridgehead atoms. The maximum Gasteiger partial charge on any atom is 0.124 e. The molecule has 0 aromatic heterocycles. The summed E-state index contributed by atoms with van der Waals surface area (Å²) in [5, 5.41) is 35.7. The third-order valence-electron chi connectivity index (χ3n) is 0.782. The zero-order valence-corrected chi connectivity index (χ0v) is 7.28. The van der Waals surface area contributed by atoms with E-state index < -0.39 is 24.1 Å². The molecule has 0 aromatic carbocycles. The van der Waals surface area contributed by atoms with Crippen LogP contribution in [0, 0.1) is 0 Å². The number of hydrogen-bond donors (Lipinski definition) is 2. The van der Waals surface area contributed by atoms with Gasteiger partial charge >= 0.3 is 0 Å². The van der Waals surface area contributed by atoms with Gasteiger partial charge in [0.1, 0.15) is 12.2 Å². The fourth-order valence-electron chi connectivity index (χ4n) is 0.258. The molecule has 0 aliphatic rings. The van der Waals surface area contributed by atoms with E-state index in [2.05, 4.69) is 0 Å². The first-order chi connectivity index (χ1) is 4.46. The van der Waals surface area contributed by atoms with Crippen molar-refractivity contribution in [1.29, 1.82) is 0 Å². The predicted molar refractivity (Wildman–Crippen MR) is 27.8 cm³/mol. The second-order valence-electron chi connectivity index (χ2n) is 1.53. The van der Waals surface area contributed by atoms with E-state index in [9.17, 15) is 19.8 Å². The van der Waals surface area contributed by atoms with Crippen molar-refractivity contribution >= 4 is 29.5 Å². The van der Waals surface area contributed by atoms with E-state index in [0.29, 0.717) is 0 Å². The molecule has 0 amide bonds. The normalized spacial score (nSPS) is 14.4. The summed E-state index contributed by atoms with van der Waals surface area (Å²) in [6.45, 7) is 0. The van der Waals surface area contributed by atoms with Crippen LogP contribution in [0.4, 0.5) is 0 Å². The van der Waals surface area contributed by atoms with Crippen molar-refractivity contribution < 1.29 is 30.0 Å². The van der Waals surface area contributed by atoms with Crippen LogP contribution in [0.2, 0.25) is 0 Å². The van der Waals surface area contributed by atoms with E-state index in [0.717, 1.165) is 0 Å². The molecule has 0 aromatic rings. The van der Waals surface area contributed by atoms with Gasteiger partial charge in [-0.15, -0.1) is 0 Å². The minimum Gasteiger partial charge on any atom is -0.547 e. The van der Waals surface area contributed by atoms with Crippen LogP contribution in [0.25, 0.3) is 0 Å². The van der Waals surface area contributed by atoms with Gasteiger partial charge in [-0.25, -0.2) is 0 Å². The third-order valence-corrected chi connectivity index (χ3v) is 0.782. The van der Waals surface area contributed by atoms with Crippen LogP contribution in [-0.2, 0) is 9.59 Å². The molecule has 0 rings (SSSR count). The first-order valence-electron chi connectivity index (χ1n) is 2.24. The largest absolute Gasteiger partial charge is 0.547 e. The van der Waals surface area contributed by atoms with Gasteiger partial charge in [-0.2, -0.15) is 0 Å². The predicted octanol–water partition coefficient (Wildman–Crippen LogP) is -5.17. The summed E-state index contributed by atoms with van der Waals surface area (Å²) >= 11 is 0. The number of carboxylic acid groups (broad SMARTS) is 2. The van der Waals surface area contributed by atoms with Crippen LogP contribution in [0.3, 0.4) is 0 Å². The number of carbonyl (C=O) groups excluding carboxylic acids is 2. The molecule has 2 unspecified atom stereocenters.